The molecule has 3 rings (SSSR count). The molecule has 0 amide bonds. The maximum absolute atomic E-state index is 13.5. The number of sulfonamides is 1. The molecule has 0 fully saturated rings. The number of nitrogens with zero attached hydrogens (tertiary/aromatic N) is 5. The lowest BCUT2D eigenvalue weighted by molar-refractivity contribution is 0.579. The second kappa shape index (κ2) is 7.18. The van der Waals surface area contributed by atoms with Crippen molar-refractivity contribution in [3.05, 3.63) is 47.8 Å². The van der Waals surface area contributed by atoms with Gasteiger partial charge in [0.2, 0.25) is 0 Å². The predicted molar refractivity (Wildman–Crippen MR) is 84.0 cm³/mol. The number of aromatic nitrogens is 4. The fraction of sp³-hybridized carbons (Fsp3) is 0.143. The van der Waals surface area contributed by atoms with Crippen molar-refractivity contribution in [1.29, 1.82) is 5.26 Å². The molecule has 3 aromatic rings. The number of nitrogens with one attached hydrogen (secondary N) is 1. The van der Waals surface area contributed by atoms with E-state index in [1.165, 1.54) is 13.1 Å². The molecule has 0 saturated carbocycles. The number of aryl methyl sites for hydroxylation is 1. The van der Waals surface area contributed by atoms with E-state index in [4.69, 9.17) is 5.26 Å². The van der Waals surface area contributed by atoms with Crippen LogP contribution in [0.5, 0.6) is 0 Å². The number of nitriles is 1. The van der Waals surface area contributed by atoms with Crippen molar-refractivity contribution < 1.29 is 17.2 Å². The molecule has 130 valence electrons. The summed E-state index contributed by atoms with van der Waals surface area (Å²) in [6.07, 6.45) is 1.48. The van der Waals surface area contributed by atoms with Gasteiger partial charge in [-0.2, -0.15) is 18.7 Å². The molecule has 0 unspecified atom stereocenters. The number of para-hydroxylation sites is 1. The van der Waals surface area contributed by atoms with Gasteiger partial charge < -0.3 is 0 Å². The van der Waals surface area contributed by atoms with Crippen LogP contribution in [0, 0.1) is 29.9 Å². The molecule has 25 heavy (non-hydrogen) atoms. The van der Waals surface area contributed by atoms with Crippen molar-refractivity contribution in [1.82, 2.24) is 19.6 Å². The monoisotopic (exact) mass is 366 g/mol. The predicted octanol–water partition coefficient (Wildman–Crippen LogP) is 2.04. The van der Waals surface area contributed by atoms with Gasteiger partial charge in [0.1, 0.15) is 17.3 Å². The highest BCUT2D eigenvalue weighted by Gasteiger charge is 2.24. The standard InChI is InChI=1S/C12H9F2N5O2S.C2H3N/c1-7-5-6-19-11(15-7)16-12(17-19)22(20,21)18-10-8(13)3-2-4-9(10)14;1-2-3/h2-6,18H,1H3;1H3. The van der Waals surface area contributed by atoms with Crippen LogP contribution in [0.25, 0.3) is 5.78 Å². The molecule has 8 nitrogen and oxygen atoms in total. The third-order valence-corrected chi connectivity index (χ3v) is 3.89. The van der Waals surface area contributed by atoms with Crippen molar-refractivity contribution in [2.45, 2.75) is 19.0 Å². The lowest BCUT2D eigenvalue weighted by Gasteiger charge is -2.06. The summed E-state index contributed by atoms with van der Waals surface area (Å²) >= 11 is 0. The smallest absolute Gasteiger partial charge is 0.271 e. The molecule has 0 aliphatic heterocycles. The summed E-state index contributed by atoms with van der Waals surface area (Å²) in [5.74, 6) is -2.02. The second-order valence-corrected chi connectivity index (χ2v) is 6.21. The molecule has 1 N–H and O–H groups in total. The summed E-state index contributed by atoms with van der Waals surface area (Å²) in [5, 5.41) is 10.4. The summed E-state index contributed by atoms with van der Waals surface area (Å²) in [7, 11) is -4.35. The maximum atomic E-state index is 13.5. The van der Waals surface area contributed by atoms with Gasteiger partial charge in [-0.05, 0) is 25.1 Å². The molecule has 0 saturated heterocycles. The first kappa shape index (κ1) is 18.2. The molecule has 0 aliphatic carbocycles. The Morgan fingerprint density at radius 1 is 1.20 bits per heavy atom. The number of halogens is 2. The number of benzene rings is 1. The Hall–Kier alpha value is -3.13. The van der Waals surface area contributed by atoms with E-state index in [9.17, 15) is 17.2 Å². The van der Waals surface area contributed by atoms with Crippen LogP contribution in [-0.4, -0.2) is 28.0 Å². The Morgan fingerprint density at radius 3 is 2.40 bits per heavy atom. The molecule has 0 radical (unpaired) electrons. The first-order valence-corrected chi connectivity index (χ1v) is 8.24. The van der Waals surface area contributed by atoms with E-state index in [0.29, 0.717) is 5.69 Å². The van der Waals surface area contributed by atoms with E-state index in [-0.39, 0.29) is 5.78 Å². The van der Waals surface area contributed by atoms with Crippen molar-refractivity contribution >= 4 is 21.5 Å². The van der Waals surface area contributed by atoms with Gasteiger partial charge >= 0.3 is 0 Å². The Morgan fingerprint density at radius 2 is 1.80 bits per heavy atom. The highest BCUT2D eigenvalue weighted by molar-refractivity contribution is 7.92. The van der Waals surface area contributed by atoms with E-state index in [2.05, 4.69) is 15.1 Å². The molecule has 1 aromatic carbocycles. The zero-order valence-corrected chi connectivity index (χ0v) is 13.9. The molecule has 11 heteroatoms. The Kier molecular flexibility index (Phi) is 5.23. The van der Waals surface area contributed by atoms with Crippen LogP contribution in [0.15, 0.2) is 35.6 Å². The minimum Gasteiger partial charge on any atom is -0.271 e. The zero-order valence-electron chi connectivity index (χ0n) is 13.1. The van der Waals surface area contributed by atoms with Crippen LogP contribution in [0.4, 0.5) is 14.5 Å². The molecule has 2 heterocycles. The van der Waals surface area contributed by atoms with Gasteiger partial charge in [0, 0.05) is 18.8 Å². The van der Waals surface area contributed by atoms with Gasteiger partial charge in [-0.1, -0.05) is 6.07 Å². The van der Waals surface area contributed by atoms with Crippen LogP contribution in [0.1, 0.15) is 12.6 Å². The molecule has 0 spiro atoms. The second-order valence-electron chi connectivity index (χ2n) is 4.63. The van der Waals surface area contributed by atoms with Crippen LogP contribution in [-0.2, 0) is 10.0 Å². The third kappa shape index (κ3) is 4.04. The fourth-order valence-corrected chi connectivity index (χ4v) is 2.69. The minimum atomic E-state index is -4.35. The highest BCUT2D eigenvalue weighted by atomic mass is 32.2. The lowest BCUT2D eigenvalue weighted by atomic mass is 10.3. The number of hydrogen-bond donors (Lipinski definition) is 1. The molecular weight excluding hydrogens is 354 g/mol. The highest BCUT2D eigenvalue weighted by Crippen LogP contribution is 2.21. The Bertz CT molecular complexity index is 1040. The van der Waals surface area contributed by atoms with Gasteiger partial charge in [0.05, 0.1) is 6.07 Å². The Balaban J connectivity index is 0.000000701. The Labute approximate surface area is 141 Å². The SMILES string of the molecule is CC#N.Cc1ccn2nc(S(=O)(=O)Nc3c(F)cccc3F)nc2n1. The minimum absolute atomic E-state index is 0.0642. The summed E-state index contributed by atoms with van der Waals surface area (Å²) in [5.41, 5.74) is -0.164. The van der Waals surface area contributed by atoms with Crippen molar-refractivity contribution in [2.24, 2.45) is 0 Å². The van der Waals surface area contributed by atoms with E-state index >= 15 is 0 Å². The van der Waals surface area contributed by atoms with Crippen LogP contribution >= 0.6 is 0 Å². The van der Waals surface area contributed by atoms with Gasteiger partial charge in [-0.3, -0.25) is 4.72 Å². The molecule has 0 aliphatic rings. The average molecular weight is 366 g/mol. The van der Waals surface area contributed by atoms with E-state index < -0.39 is 32.5 Å². The lowest BCUT2D eigenvalue weighted by Crippen LogP contribution is -2.16. The van der Waals surface area contributed by atoms with E-state index in [0.717, 1.165) is 22.7 Å². The molecular formula is C14H12F2N6O2S. The topological polar surface area (TPSA) is 113 Å². The maximum Gasteiger partial charge on any atom is 0.299 e. The average Bonchev–Trinajstić information content (AvgIpc) is 2.96. The zero-order chi connectivity index (χ0) is 18.6. The van der Waals surface area contributed by atoms with Crippen molar-refractivity contribution in [3.8, 4) is 6.07 Å². The van der Waals surface area contributed by atoms with E-state index in [1.54, 1.807) is 23.8 Å². The first-order valence-electron chi connectivity index (χ1n) is 6.76. The first-order chi connectivity index (χ1) is 11.8. The number of hydrogen-bond acceptors (Lipinski definition) is 6. The van der Waals surface area contributed by atoms with E-state index in [1.807, 2.05) is 0 Å². The quantitative estimate of drug-likeness (QED) is 0.759. The third-order valence-electron chi connectivity index (χ3n) is 2.77. The molecule has 2 aromatic heterocycles. The normalized spacial score (nSPS) is 10.7. The summed E-state index contributed by atoms with van der Waals surface area (Å²) in [6.45, 7) is 3.13. The number of fused-ring (bicyclic) bond motifs is 1. The van der Waals surface area contributed by atoms with Crippen molar-refractivity contribution in [2.75, 3.05) is 4.72 Å². The number of rotatable bonds is 3. The van der Waals surface area contributed by atoms with Gasteiger partial charge in [-0.15, -0.1) is 5.10 Å². The summed E-state index contributed by atoms with van der Waals surface area (Å²) in [4.78, 5) is 7.75. The fourth-order valence-electron chi connectivity index (χ4n) is 1.73. The van der Waals surface area contributed by atoms with Crippen LogP contribution in [0.2, 0.25) is 0 Å². The van der Waals surface area contributed by atoms with Crippen LogP contribution in [0.3, 0.4) is 0 Å². The van der Waals surface area contributed by atoms with Gasteiger partial charge in [0.15, 0.2) is 0 Å². The van der Waals surface area contributed by atoms with Gasteiger partial charge in [-0.25, -0.2) is 18.3 Å². The summed E-state index contributed by atoms with van der Waals surface area (Å²) in [6, 6.07) is 6.35. The van der Waals surface area contributed by atoms with Crippen LogP contribution < -0.4 is 4.72 Å². The molecule has 0 atom stereocenters. The largest absolute Gasteiger partial charge is 0.299 e. The van der Waals surface area contributed by atoms with Crippen molar-refractivity contribution in [3.63, 3.8) is 0 Å². The number of anilines is 1. The van der Waals surface area contributed by atoms with Gasteiger partial charge in [0.25, 0.3) is 21.0 Å². The summed E-state index contributed by atoms with van der Waals surface area (Å²) < 4.78 is 54.3. The molecule has 0 bridgehead atoms.